The zero-order chi connectivity index (χ0) is 24.0. The number of halogens is 1. The predicted octanol–water partition coefficient (Wildman–Crippen LogP) is 5.47. The summed E-state index contributed by atoms with van der Waals surface area (Å²) in [4.78, 5) is 15.4. The van der Waals surface area contributed by atoms with Crippen LogP contribution in [0, 0.1) is 11.3 Å². The quantitative estimate of drug-likeness (QED) is 0.610. The number of nitrogens with zero attached hydrogens (tertiary/aromatic N) is 1. The number of ether oxygens (including phenoxy) is 3. The Morgan fingerprint density at radius 1 is 1.06 bits per heavy atom. The minimum Gasteiger partial charge on any atom is -0.496 e. The molecule has 0 aromatic heterocycles. The molecule has 1 amide bonds. The highest BCUT2D eigenvalue weighted by Crippen LogP contribution is 2.49. The van der Waals surface area contributed by atoms with Crippen LogP contribution in [0.3, 0.4) is 0 Å². The molecular formula is C27H33ClN2O4. The van der Waals surface area contributed by atoms with Crippen LogP contribution in [0.4, 0.5) is 4.79 Å². The summed E-state index contributed by atoms with van der Waals surface area (Å²) < 4.78 is 17.3. The van der Waals surface area contributed by atoms with E-state index >= 15 is 0 Å². The molecule has 0 spiro atoms. The van der Waals surface area contributed by atoms with Crippen LogP contribution in [0.15, 0.2) is 30.3 Å². The zero-order valence-electron chi connectivity index (χ0n) is 20.3. The van der Waals surface area contributed by atoms with Crippen molar-refractivity contribution in [2.45, 2.75) is 45.3 Å². The molecule has 6 nitrogen and oxygen atoms in total. The lowest BCUT2D eigenvalue weighted by molar-refractivity contribution is -0.0349. The largest absolute Gasteiger partial charge is 0.496 e. The van der Waals surface area contributed by atoms with E-state index in [0.29, 0.717) is 10.9 Å². The highest BCUT2D eigenvalue weighted by molar-refractivity contribution is 6.31. The Labute approximate surface area is 206 Å². The fraction of sp³-hybridized carbons (Fsp3) is 0.519. The average Bonchev–Trinajstić information content (AvgIpc) is 3.07. The number of fused-ring (bicyclic) bond motifs is 4. The van der Waals surface area contributed by atoms with E-state index in [2.05, 4.69) is 30.1 Å². The number of carbonyl (C=O) groups is 1. The average molecular weight is 485 g/mol. The minimum absolute atomic E-state index is 0.0151. The van der Waals surface area contributed by atoms with E-state index < -0.39 is 0 Å². The molecule has 0 saturated carbocycles. The lowest BCUT2D eigenvalue weighted by atomic mass is 9.85. The van der Waals surface area contributed by atoms with Gasteiger partial charge in [-0.15, -0.1) is 0 Å². The van der Waals surface area contributed by atoms with Gasteiger partial charge in [-0.05, 0) is 85.1 Å². The maximum atomic E-state index is 13.0. The van der Waals surface area contributed by atoms with Crippen molar-refractivity contribution in [1.29, 1.82) is 0 Å². The lowest BCUT2D eigenvalue weighted by Crippen LogP contribution is -2.53. The molecule has 1 N–H and O–H groups in total. The molecule has 2 aromatic rings. The van der Waals surface area contributed by atoms with Crippen molar-refractivity contribution in [1.82, 2.24) is 10.2 Å². The number of hydrogen-bond donors (Lipinski definition) is 1. The molecule has 1 aliphatic carbocycles. The molecule has 3 saturated heterocycles. The SMILES string of the molecule is COc1ccc(Cl)cc1-c1cc2c(cc1OC)C(NC(=O)O[C@H]1CN3CCC1CC3)C(C)(C)C2. The van der Waals surface area contributed by atoms with Crippen molar-refractivity contribution in [2.24, 2.45) is 11.3 Å². The summed E-state index contributed by atoms with van der Waals surface area (Å²) in [6.45, 7) is 7.45. The monoisotopic (exact) mass is 484 g/mol. The van der Waals surface area contributed by atoms with E-state index in [-0.39, 0.29) is 23.7 Å². The van der Waals surface area contributed by atoms with Gasteiger partial charge in [0.2, 0.25) is 0 Å². The second kappa shape index (κ2) is 8.97. The van der Waals surface area contributed by atoms with Gasteiger partial charge in [-0.3, -0.25) is 4.90 Å². The molecule has 2 bridgehead atoms. The van der Waals surface area contributed by atoms with Gasteiger partial charge in [-0.25, -0.2) is 4.79 Å². The second-order valence-electron chi connectivity index (χ2n) is 10.4. The van der Waals surface area contributed by atoms with Crippen LogP contribution < -0.4 is 14.8 Å². The number of rotatable bonds is 5. The van der Waals surface area contributed by atoms with E-state index in [1.807, 2.05) is 24.3 Å². The van der Waals surface area contributed by atoms with Gasteiger partial charge < -0.3 is 19.5 Å². The third-order valence-corrected chi connectivity index (χ3v) is 8.00. The molecular weight excluding hydrogens is 452 g/mol. The van der Waals surface area contributed by atoms with Crippen molar-refractivity contribution in [3.8, 4) is 22.6 Å². The molecule has 7 heteroatoms. The molecule has 2 aromatic carbocycles. The molecule has 34 heavy (non-hydrogen) atoms. The highest BCUT2D eigenvalue weighted by atomic mass is 35.5. The van der Waals surface area contributed by atoms with Gasteiger partial charge in [0.1, 0.15) is 17.6 Å². The number of methoxy groups -OCH3 is 2. The van der Waals surface area contributed by atoms with E-state index in [1.54, 1.807) is 14.2 Å². The second-order valence-corrected chi connectivity index (χ2v) is 10.9. The highest BCUT2D eigenvalue weighted by Gasteiger charge is 2.42. The Morgan fingerprint density at radius 2 is 1.76 bits per heavy atom. The Hall–Kier alpha value is -2.44. The molecule has 3 aliphatic heterocycles. The van der Waals surface area contributed by atoms with Crippen molar-refractivity contribution in [3.63, 3.8) is 0 Å². The van der Waals surface area contributed by atoms with Crippen LogP contribution in [0.1, 0.15) is 43.9 Å². The number of alkyl carbamates (subject to hydrolysis) is 1. The van der Waals surface area contributed by atoms with Crippen LogP contribution in [0.25, 0.3) is 11.1 Å². The summed E-state index contributed by atoms with van der Waals surface area (Å²) >= 11 is 6.30. The summed E-state index contributed by atoms with van der Waals surface area (Å²) in [5.74, 6) is 1.93. The normalized spacial score (nSPS) is 26.6. The van der Waals surface area contributed by atoms with Crippen molar-refractivity contribution in [3.05, 3.63) is 46.5 Å². The molecule has 182 valence electrons. The van der Waals surface area contributed by atoms with E-state index in [1.165, 1.54) is 5.56 Å². The van der Waals surface area contributed by atoms with E-state index in [4.69, 9.17) is 25.8 Å². The fourth-order valence-corrected chi connectivity index (χ4v) is 6.13. The molecule has 6 rings (SSSR count). The van der Waals surface area contributed by atoms with Crippen LogP contribution in [-0.2, 0) is 11.2 Å². The first-order chi connectivity index (χ1) is 16.3. The van der Waals surface area contributed by atoms with Gasteiger partial charge in [-0.2, -0.15) is 0 Å². The van der Waals surface area contributed by atoms with Crippen molar-refractivity contribution < 1.29 is 19.0 Å². The summed E-state index contributed by atoms with van der Waals surface area (Å²) in [5, 5.41) is 3.83. The number of carbonyl (C=O) groups excluding carboxylic acids is 1. The molecule has 2 atom stereocenters. The van der Waals surface area contributed by atoms with Gasteiger partial charge >= 0.3 is 6.09 Å². The predicted molar refractivity (Wildman–Crippen MR) is 133 cm³/mol. The summed E-state index contributed by atoms with van der Waals surface area (Å²) in [6.07, 6.45) is 2.71. The van der Waals surface area contributed by atoms with Gasteiger partial charge in [0.05, 0.1) is 20.3 Å². The molecule has 4 aliphatic rings. The molecule has 0 radical (unpaired) electrons. The third kappa shape index (κ3) is 4.22. The Kier molecular flexibility index (Phi) is 6.15. The Morgan fingerprint density at radius 3 is 2.41 bits per heavy atom. The minimum atomic E-state index is -0.329. The van der Waals surface area contributed by atoms with E-state index in [9.17, 15) is 4.79 Å². The Bertz CT molecular complexity index is 1090. The summed E-state index contributed by atoms with van der Waals surface area (Å²) in [7, 11) is 3.31. The van der Waals surface area contributed by atoms with Crippen LogP contribution in [-0.4, -0.2) is 51.0 Å². The van der Waals surface area contributed by atoms with Gasteiger partial charge in [0.15, 0.2) is 0 Å². The number of amides is 1. The molecule has 3 heterocycles. The first-order valence-electron chi connectivity index (χ1n) is 12.0. The Balaban J connectivity index is 1.42. The summed E-state index contributed by atoms with van der Waals surface area (Å²) in [5.41, 5.74) is 3.88. The van der Waals surface area contributed by atoms with Gasteiger partial charge in [-0.1, -0.05) is 25.4 Å². The number of piperidine rings is 3. The first-order valence-corrected chi connectivity index (χ1v) is 12.4. The zero-order valence-corrected chi connectivity index (χ0v) is 21.1. The molecule has 1 unspecified atom stereocenters. The first kappa shape index (κ1) is 23.3. The van der Waals surface area contributed by atoms with Gasteiger partial charge in [0.25, 0.3) is 0 Å². The number of hydrogen-bond acceptors (Lipinski definition) is 5. The standard InChI is InChI=1S/C27H33ClN2O4/c1-27(2)14-17-11-20(21-12-18(28)5-6-22(21)32-3)23(33-4)13-19(17)25(27)29-26(31)34-24-15-30-9-7-16(24)8-10-30/h5-6,11-13,16,24-25H,7-10,14-15H2,1-4H3,(H,29,31)/t24-,25?/m0/s1. The van der Waals surface area contributed by atoms with E-state index in [0.717, 1.165) is 67.1 Å². The summed E-state index contributed by atoms with van der Waals surface area (Å²) in [6, 6.07) is 9.59. The van der Waals surface area contributed by atoms with Crippen LogP contribution >= 0.6 is 11.6 Å². The third-order valence-electron chi connectivity index (χ3n) is 7.77. The van der Waals surface area contributed by atoms with Crippen LogP contribution in [0.5, 0.6) is 11.5 Å². The van der Waals surface area contributed by atoms with Crippen molar-refractivity contribution >= 4 is 17.7 Å². The smallest absolute Gasteiger partial charge is 0.407 e. The fourth-order valence-electron chi connectivity index (χ4n) is 5.95. The van der Waals surface area contributed by atoms with Gasteiger partial charge in [0, 0.05) is 22.7 Å². The maximum Gasteiger partial charge on any atom is 0.407 e. The van der Waals surface area contributed by atoms with Crippen molar-refractivity contribution in [2.75, 3.05) is 33.9 Å². The number of benzene rings is 2. The number of nitrogens with one attached hydrogen (secondary N) is 1. The lowest BCUT2D eigenvalue weighted by Gasteiger charge is -2.44. The molecule has 3 fully saturated rings. The van der Waals surface area contributed by atoms with Crippen LogP contribution in [0.2, 0.25) is 5.02 Å². The topological polar surface area (TPSA) is 60.0 Å². The maximum absolute atomic E-state index is 13.0.